The first-order chi connectivity index (χ1) is 12.0. The monoisotopic (exact) mass is 347 g/mol. The molecule has 1 aromatic carbocycles. The van der Waals surface area contributed by atoms with Gasteiger partial charge >= 0.3 is 6.03 Å². The minimum absolute atomic E-state index is 0.121. The highest BCUT2D eigenvalue weighted by molar-refractivity contribution is 5.89. The minimum atomic E-state index is -0.332. The molecule has 0 bridgehead atoms. The lowest BCUT2D eigenvalue weighted by Crippen LogP contribution is -2.46. The number of carbonyl (C=O) groups excluding carboxylic acids is 1. The van der Waals surface area contributed by atoms with Gasteiger partial charge in [0.25, 0.3) is 0 Å². The fraction of sp³-hybridized carbons (Fsp3) is 0.650. The van der Waals surface area contributed by atoms with Crippen LogP contribution < -0.4 is 5.32 Å². The second-order valence-corrected chi connectivity index (χ2v) is 8.04. The van der Waals surface area contributed by atoms with Crippen LogP contribution in [-0.2, 0) is 0 Å². The number of urea groups is 1. The number of piperidine rings is 2. The molecule has 5 heteroatoms. The molecule has 2 aliphatic rings. The van der Waals surface area contributed by atoms with E-state index in [2.05, 4.69) is 24.1 Å². The average molecular weight is 347 g/mol. The Labute approximate surface area is 150 Å². The molecule has 1 N–H and O–H groups in total. The van der Waals surface area contributed by atoms with Crippen LogP contribution in [0.4, 0.5) is 14.9 Å². The van der Waals surface area contributed by atoms with E-state index in [0.717, 1.165) is 44.3 Å². The molecular formula is C20H30FN3O. The molecule has 25 heavy (non-hydrogen) atoms. The van der Waals surface area contributed by atoms with Crippen molar-refractivity contribution in [2.45, 2.75) is 33.1 Å². The van der Waals surface area contributed by atoms with Crippen LogP contribution in [0.3, 0.4) is 0 Å². The summed E-state index contributed by atoms with van der Waals surface area (Å²) in [5.41, 5.74) is 0.517. The van der Waals surface area contributed by atoms with Crippen molar-refractivity contribution in [1.29, 1.82) is 0 Å². The highest BCUT2D eigenvalue weighted by Crippen LogP contribution is 2.25. The number of amides is 2. The molecule has 2 heterocycles. The van der Waals surface area contributed by atoms with Gasteiger partial charge in [-0.25, -0.2) is 9.18 Å². The Kier molecular flexibility index (Phi) is 5.94. The molecule has 1 aromatic rings. The van der Waals surface area contributed by atoms with Crippen molar-refractivity contribution in [2.24, 2.45) is 17.8 Å². The maximum atomic E-state index is 13.2. The van der Waals surface area contributed by atoms with Crippen LogP contribution >= 0.6 is 0 Å². The fourth-order valence-corrected chi connectivity index (χ4v) is 4.39. The molecule has 3 rings (SSSR count). The number of anilines is 1. The van der Waals surface area contributed by atoms with Crippen LogP contribution in [0.5, 0.6) is 0 Å². The summed E-state index contributed by atoms with van der Waals surface area (Å²) in [6.45, 7) is 9.85. The molecule has 0 radical (unpaired) electrons. The van der Waals surface area contributed by atoms with Crippen LogP contribution in [0.1, 0.15) is 33.1 Å². The number of likely N-dealkylation sites (tertiary alicyclic amines) is 2. The van der Waals surface area contributed by atoms with Crippen molar-refractivity contribution >= 4 is 11.7 Å². The second-order valence-electron chi connectivity index (χ2n) is 8.04. The van der Waals surface area contributed by atoms with Gasteiger partial charge in [0.2, 0.25) is 0 Å². The first kappa shape index (κ1) is 18.2. The lowest BCUT2D eigenvalue weighted by atomic mass is 9.89. The van der Waals surface area contributed by atoms with Crippen molar-refractivity contribution in [1.82, 2.24) is 9.80 Å². The van der Waals surface area contributed by atoms with E-state index in [1.54, 1.807) is 12.1 Å². The second kappa shape index (κ2) is 8.17. The fourth-order valence-electron chi connectivity index (χ4n) is 4.39. The molecule has 2 amide bonds. The molecular weight excluding hydrogens is 317 g/mol. The summed E-state index contributed by atoms with van der Waals surface area (Å²) in [6, 6.07) is 5.93. The Morgan fingerprint density at radius 1 is 1.20 bits per heavy atom. The Morgan fingerprint density at radius 3 is 2.52 bits per heavy atom. The highest BCUT2D eigenvalue weighted by atomic mass is 19.1. The van der Waals surface area contributed by atoms with Crippen LogP contribution in [0.25, 0.3) is 0 Å². The summed E-state index contributed by atoms with van der Waals surface area (Å²) in [4.78, 5) is 16.8. The molecule has 2 unspecified atom stereocenters. The number of hydrogen-bond acceptors (Lipinski definition) is 2. The number of hydrogen-bond donors (Lipinski definition) is 1. The minimum Gasteiger partial charge on any atom is -0.325 e. The molecule has 2 atom stereocenters. The Hall–Kier alpha value is -1.62. The van der Waals surface area contributed by atoms with Gasteiger partial charge < -0.3 is 15.1 Å². The number of nitrogens with zero attached hydrogens (tertiary/aromatic N) is 2. The van der Waals surface area contributed by atoms with Crippen molar-refractivity contribution < 1.29 is 9.18 Å². The normalized spacial score (nSPS) is 25.8. The lowest BCUT2D eigenvalue weighted by molar-refractivity contribution is 0.101. The average Bonchev–Trinajstić information content (AvgIpc) is 2.54. The van der Waals surface area contributed by atoms with E-state index in [9.17, 15) is 9.18 Å². The van der Waals surface area contributed by atoms with Crippen molar-refractivity contribution in [3.05, 3.63) is 30.1 Å². The van der Waals surface area contributed by atoms with Gasteiger partial charge in [0.1, 0.15) is 5.82 Å². The molecule has 0 aliphatic carbocycles. The third-order valence-corrected chi connectivity index (χ3v) is 5.44. The van der Waals surface area contributed by atoms with Gasteiger partial charge in [-0.2, -0.15) is 0 Å². The third kappa shape index (κ3) is 5.18. The maximum Gasteiger partial charge on any atom is 0.321 e. The number of carbonyl (C=O) groups is 1. The largest absolute Gasteiger partial charge is 0.325 e. The van der Waals surface area contributed by atoms with Crippen LogP contribution in [0.2, 0.25) is 0 Å². The van der Waals surface area contributed by atoms with Gasteiger partial charge in [0.05, 0.1) is 0 Å². The third-order valence-electron chi connectivity index (χ3n) is 5.44. The number of rotatable bonds is 3. The van der Waals surface area contributed by atoms with Gasteiger partial charge in [0.15, 0.2) is 0 Å². The standard InChI is InChI=1S/C20H30FN3O/c1-15-10-16(2)13-23(12-15)14-17-6-8-24(9-7-17)20(25)22-19-5-3-4-18(21)11-19/h3-5,11,15-17H,6-10,12-14H2,1-2H3,(H,22,25). The zero-order chi connectivity index (χ0) is 17.8. The topological polar surface area (TPSA) is 35.6 Å². The van der Waals surface area contributed by atoms with E-state index < -0.39 is 0 Å². The summed E-state index contributed by atoms with van der Waals surface area (Å²) in [6.07, 6.45) is 3.45. The summed E-state index contributed by atoms with van der Waals surface area (Å²) in [7, 11) is 0. The predicted molar refractivity (Wildman–Crippen MR) is 99.1 cm³/mol. The molecule has 0 spiro atoms. The smallest absolute Gasteiger partial charge is 0.321 e. The van der Waals surface area contributed by atoms with E-state index in [-0.39, 0.29) is 11.8 Å². The molecule has 2 saturated heterocycles. The molecule has 2 fully saturated rings. The van der Waals surface area contributed by atoms with Gasteiger partial charge in [-0.3, -0.25) is 0 Å². The number of nitrogens with one attached hydrogen (secondary N) is 1. The van der Waals surface area contributed by atoms with Crippen LogP contribution in [-0.4, -0.2) is 48.6 Å². The van der Waals surface area contributed by atoms with E-state index in [1.807, 2.05) is 4.90 Å². The lowest BCUT2D eigenvalue weighted by Gasteiger charge is -2.39. The molecule has 4 nitrogen and oxygen atoms in total. The zero-order valence-electron chi connectivity index (χ0n) is 15.4. The maximum absolute atomic E-state index is 13.2. The first-order valence-corrected chi connectivity index (χ1v) is 9.53. The van der Waals surface area contributed by atoms with Gasteiger partial charge in [-0.1, -0.05) is 19.9 Å². The Balaban J connectivity index is 1.44. The van der Waals surface area contributed by atoms with Gasteiger partial charge in [-0.05, 0) is 55.2 Å². The Morgan fingerprint density at radius 2 is 1.88 bits per heavy atom. The van der Waals surface area contributed by atoms with E-state index in [1.165, 1.54) is 31.6 Å². The summed E-state index contributed by atoms with van der Waals surface area (Å²) >= 11 is 0. The van der Waals surface area contributed by atoms with Crippen molar-refractivity contribution in [3.8, 4) is 0 Å². The van der Waals surface area contributed by atoms with E-state index >= 15 is 0 Å². The van der Waals surface area contributed by atoms with Gasteiger partial charge in [0, 0.05) is 38.4 Å². The van der Waals surface area contributed by atoms with Crippen LogP contribution in [0.15, 0.2) is 24.3 Å². The van der Waals surface area contributed by atoms with Crippen molar-refractivity contribution in [2.75, 3.05) is 38.0 Å². The number of benzene rings is 1. The highest BCUT2D eigenvalue weighted by Gasteiger charge is 2.27. The summed E-state index contributed by atoms with van der Waals surface area (Å²) < 4.78 is 13.2. The van der Waals surface area contributed by atoms with E-state index in [4.69, 9.17) is 0 Å². The van der Waals surface area contributed by atoms with Crippen LogP contribution in [0, 0.1) is 23.6 Å². The quantitative estimate of drug-likeness (QED) is 0.895. The summed E-state index contributed by atoms with van der Waals surface area (Å²) in [5.74, 6) is 1.93. The summed E-state index contributed by atoms with van der Waals surface area (Å²) in [5, 5.41) is 2.80. The van der Waals surface area contributed by atoms with Crippen molar-refractivity contribution in [3.63, 3.8) is 0 Å². The number of halogens is 1. The Bertz CT molecular complexity index is 576. The first-order valence-electron chi connectivity index (χ1n) is 9.53. The zero-order valence-corrected chi connectivity index (χ0v) is 15.4. The molecule has 2 aliphatic heterocycles. The van der Waals surface area contributed by atoms with Gasteiger partial charge in [-0.15, -0.1) is 0 Å². The molecule has 138 valence electrons. The van der Waals surface area contributed by atoms with E-state index in [0.29, 0.717) is 11.6 Å². The molecule has 0 aromatic heterocycles. The molecule has 0 saturated carbocycles. The SMILES string of the molecule is CC1CC(C)CN(CC2CCN(C(=O)Nc3cccc(F)c3)CC2)C1. The predicted octanol–water partition coefficient (Wildman–Crippen LogP) is 4.05.